The lowest BCUT2D eigenvalue weighted by Crippen LogP contribution is -2.49. The lowest BCUT2D eigenvalue weighted by atomic mass is 9.48. The van der Waals surface area contributed by atoms with Crippen molar-refractivity contribution in [2.24, 2.45) is 11.3 Å². The molecule has 1 saturated carbocycles. The summed E-state index contributed by atoms with van der Waals surface area (Å²) in [6, 6.07) is 9.99. The third-order valence-electron chi connectivity index (χ3n) is 5.85. The van der Waals surface area contributed by atoms with Crippen LogP contribution in [0.3, 0.4) is 0 Å². The number of H-pyrrole nitrogens is 1. The van der Waals surface area contributed by atoms with E-state index in [1.165, 1.54) is 5.56 Å². The molecule has 0 radical (unpaired) electrons. The molecule has 0 spiro atoms. The number of pyridine rings is 1. The van der Waals surface area contributed by atoms with Gasteiger partial charge >= 0.3 is 0 Å². The molecule has 1 fully saturated rings. The summed E-state index contributed by atoms with van der Waals surface area (Å²) in [7, 11) is 0. The lowest BCUT2D eigenvalue weighted by Gasteiger charge is -2.57. The van der Waals surface area contributed by atoms with Crippen molar-refractivity contribution in [2.45, 2.75) is 32.6 Å². The van der Waals surface area contributed by atoms with Crippen LogP contribution >= 0.6 is 15.9 Å². The normalized spacial score (nSPS) is 23.6. The molecule has 1 heterocycles. The molecular formula is C19H17BrN2O. The van der Waals surface area contributed by atoms with Crippen molar-refractivity contribution in [2.75, 3.05) is 0 Å². The fourth-order valence-corrected chi connectivity index (χ4v) is 4.74. The molecule has 3 nitrogen and oxygen atoms in total. The number of aromatic amines is 1. The highest BCUT2D eigenvalue weighted by Crippen LogP contribution is 2.62. The van der Waals surface area contributed by atoms with Gasteiger partial charge in [0.25, 0.3) is 5.56 Å². The molecule has 2 bridgehead atoms. The van der Waals surface area contributed by atoms with E-state index in [0.717, 1.165) is 34.1 Å². The van der Waals surface area contributed by atoms with E-state index in [1.54, 1.807) is 0 Å². The third kappa shape index (κ3) is 1.96. The Bertz CT molecular complexity index is 920. The molecule has 2 atom stereocenters. The zero-order valence-electron chi connectivity index (χ0n) is 13.1. The first-order valence-corrected chi connectivity index (χ1v) is 8.68. The summed E-state index contributed by atoms with van der Waals surface area (Å²) in [5, 5.41) is 9.53. The highest BCUT2D eigenvalue weighted by Gasteiger charge is 2.53. The average Bonchev–Trinajstić information content (AvgIpc) is 2.52. The van der Waals surface area contributed by atoms with Crippen LogP contribution in [0.4, 0.5) is 0 Å². The summed E-state index contributed by atoms with van der Waals surface area (Å²) in [6.07, 6.45) is 2.08. The first-order valence-electron chi connectivity index (χ1n) is 7.88. The molecule has 4 heteroatoms. The van der Waals surface area contributed by atoms with Gasteiger partial charge in [-0.15, -0.1) is 0 Å². The van der Waals surface area contributed by atoms with Gasteiger partial charge in [-0.25, -0.2) is 0 Å². The number of benzene rings is 1. The maximum absolute atomic E-state index is 12.5. The number of nitriles is 1. The molecule has 3 aliphatic carbocycles. The Kier molecular flexibility index (Phi) is 3.08. The zero-order valence-corrected chi connectivity index (χ0v) is 14.7. The molecule has 5 rings (SSSR count). The Hall–Kier alpha value is -1.86. The second-order valence-corrected chi connectivity index (χ2v) is 8.14. The summed E-state index contributed by atoms with van der Waals surface area (Å²) >= 11 is 3.49. The van der Waals surface area contributed by atoms with E-state index in [4.69, 9.17) is 0 Å². The van der Waals surface area contributed by atoms with Gasteiger partial charge in [0.15, 0.2) is 0 Å². The van der Waals surface area contributed by atoms with Gasteiger partial charge in [0.05, 0.1) is 0 Å². The fraction of sp³-hybridized carbons (Fsp3) is 0.368. The number of nitrogens with zero attached hydrogens (tertiary/aromatic N) is 1. The monoisotopic (exact) mass is 368 g/mol. The molecule has 0 aliphatic heterocycles. The molecule has 116 valence electrons. The number of rotatable bonds is 1. The van der Waals surface area contributed by atoms with Crippen LogP contribution in [0.5, 0.6) is 0 Å². The van der Waals surface area contributed by atoms with Crippen LogP contribution in [0.1, 0.15) is 43.0 Å². The van der Waals surface area contributed by atoms with Crippen LogP contribution in [0, 0.1) is 22.7 Å². The van der Waals surface area contributed by atoms with E-state index in [1.807, 2.05) is 24.3 Å². The van der Waals surface area contributed by atoms with E-state index in [9.17, 15) is 10.1 Å². The van der Waals surface area contributed by atoms with Crippen LogP contribution in [0.2, 0.25) is 0 Å². The minimum atomic E-state index is -0.262. The molecule has 1 N–H and O–H groups in total. The minimum Gasteiger partial charge on any atom is -0.324 e. The number of aromatic nitrogens is 1. The van der Waals surface area contributed by atoms with Crippen molar-refractivity contribution < 1.29 is 0 Å². The van der Waals surface area contributed by atoms with E-state index >= 15 is 0 Å². The first kappa shape index (κ1) is 14.7. The summed E-state index contributed by atoms with van der Waals surface area (Å²) in [6.45, 7) is 4.56. The van der Waals surface area contributed by atoms with Gasteiger partial charge in [0.1, 0.15) is 11.6 Å². The van der Waals surface area contributed by atoms with Gasteiger partial charge < -0.3 is 4.98 Å². The van der Waals surface area contributed by atoms with Gasteiger partial charge in [-0.05, 0) is 47.4 Å². The van der Waals surface area contributed by atoms with Gasteiger partial charge in [0.2, 0.25) is 0 Å². The molecule has 2 aromatic rings. The topological polar surface area (TPSA) is 56.6 Å². The molecular weight excluding hydrogens is 352 g/mol. The maximum Gasteiger partial charge on any atom is 0.266 e. The van der Waals surface area contributed by atoms with Crippen LogP contribution in [-0.4, -0.2) is 4.98 Å². The van der Waals surface area contributed by atoms with Crippen molar-refractivity contribution in [3.8, 4) is 17.2 Å². The van der Waals surface area contributed by atoms with Gasteiger partial charge in [-0.3, -0.25) is 4.79 Å². The molecule has 1 aromatic heterocycles. The van der Waals surface area contributed by atoms with Gasteiger partial charge in [-0.2, -0.15) is 5.26 Å². The highest BCUT2D eigenvalue weighted by atomic mass is 79.9. The third-order valence-corrected chi connectivity index (χ3v) is 6.34. The smallest absolute Gasteiger partial charge is 0.266 e. The largest absolute Gasteiger partial charge is 0.324 e. The Morgan fingerprint density at radius 3 is 2.83 bits per heavy atom. The van der Waals surface area contributed by atoms with Crippen molar-refractivity contribution in [3.05, 3.63) is 55.9 Å². The maximum atomic E-state index is 12.5. The summed E-state index contributed by atoms with van der Waals surface area (Å²) in [4.78, 5) is 15.5. The average molecular weight is 369 g/mol. The first-order chi connectivity index (χ1) is 10.9. The Morgan fingerprint density at radius 2 is 2.17 bits per heavy atom. The SMILES string of the molecule is CC1(C)[C@H]2Cc3c([nH]c(=O)c(C#N)c3-c3cccc(Br)c3)[C@@H]1C2. The highest BCUT2D eigenvalue weighted by molar-refractivity contribution is 9.10. The molecule has 0 saturated heterocycles. The molecule has 3 aliphatic rings. The molecule has 0 unspecified atom stereocenters. The molecule has 0 amide bonds. The van der Waals surface area contributed by atoms with Crippen molar-refractivity contribution in [1.29, 1.82) is 5.26 Å². The Balaban J connectivity index is 2.03. The zero-order chi connectivity index (χ0) is 16.4. The van der Waals surface area contributed by atoms with E-state index in [2.05, 4.69) is 40.8 Å². The molecule has 23 heavy (non-hydrogen) atoms. The quantitative estimate of drug-likeness (QED) is 0.812. The molecule has 1 aromatic carbocycles. The summed E-state index contributed by atoms with van der Waals surface area (Å²) < 4.78 is 0.953. The minimum absolute atomic E-state index is 0.235. The lowest BCUT2D eigenvalue weighted by molar-refractivity contribution is 0.0155. The predicted molar refractivity (Wildman–Crippen MR) is 93.2 cm³/mol. The van der Waals surface area contributed by atoms with E-state index in [-0.39, 0.29) is 16.5 Å². The van der Waals surface area contributed by atoms with Gasteiger partial charge in [0, 0.05) is 21.6 Å². The predicted octanol–water partition coefficient (Wildman–Crippen LogP) is 4.36. The van der Waals surface area contributed by atoms with Crippen molar-refractivity contribution in [1.82, 2.24) is 4.98 Å². The van der Waals surface area contributed by atoms with E-state index < -0.39 is 0 Å². The van der Waals surface area contributed by atoms with Crippen LogP contribution in [0.25, 0.3) is 11.1 Å². The van der Waals surface area contributed by atoms with Crippen LogP contribution < -0.4 is 5.56 Å². The van der Waals surface area contributed by atoms with E-state index in [0.29, 0.717) is 11.8 Å². The number of hydrogen-bond acceptors (Lipinski definition) is 2. The number of hydrogen-bond donors (Lipinski definition) is 1. The summed E-state index contributed by atoms with van der Waals surface area (Å²) in [5.74, 6) is 1.02. The number of halogens is 1. The second-order valence-electron chi connectivity index (χ2n) is 7.23. The van der Waals surface area contributed by atoms with Crippen LogP contribution in [0.15, 0.2) is 33.5 Å². The standard InChI is InChI=1S/C19H17BrN2O/c1-19(2)11-7-13-16(10-4-3-5-12(20)6-10)14(9-21)18(23)22-17(13)15(19)8-11/h3-6,11,15H,7-8H2,1-2H3,(H,22,23)/t11-,15-/m0/s1. The Labute approximate surface area is 143 Å². The van der Waals surface area contributed by atoms with Crippen molar-refractivity contribution >= 4 is 15.9 Å². The van der Waals surface area contributed by atoms with Crippen molar-refractivity contribution in [3.63, 3.8) is 0 Å². The Morgan fingerprint density at radius 1 is 1.39 bits per heavy atom. The second kappa shape index (κ2) is 4.82. The van der Waals surface area contributed by atoms with Gasteiger partial charge in [-0.1, -0.05) is 41.9 Å². The summed E-state index contributed by atoms with van der Waals surface area (Å²) in [5.41, 5.74) is 4.20. The van der Waals surface area contributed by atoms with Crippen LogP contribution in [-0.2, 0) is 6.42 Å². The fourth-order valence-electron chi connectivity index (χ4n) is 4.34. The number of nitrogens with one attached hydrogen (secondary N) is 1.